The first-order valence-electron chi connectivity index (χ1n) is 7.23. The van der Waals surface area contributed by atoms with E-state index in [9.17, 15) is 4.79 Å². The van der Waals surface area contributed by atoms with Crippen molar-refractivity contribution in [1.29, 1.82) is 0 Å². The van der Waals surface area contributed by atoms with Gasteiger partial charge in [-0.15, -0.1) is 10.2 Å². The molecule has 1 aliphatic rings. The van der Waals surface area contributed by atoms with Gasteiger partial charge < -0.3 is 9.47 Å². The molecule has 0 atom stereocenters. The fourth-order valence-electron chi connectivity index (χ4n) is 2.43. The number of thioether (sulfide) groups is 1. The van der Waals surface area contributed by atoms with Gasteiger partial charge in [-0.05, 0) is 17.6 Å². The van der Waals surface area contributed by atoms with E-state index in [2.05, 4.69) is 28.4 Å². The number of aromatic nitrogens is 3. The second-order valence-corrected chi connectivity index (χ2v) is 6.14. The highest BCUT2D eigenvalue weighted by molar-refractivity contribution is 7.99. The van der Waals surface area contributed by atoms with Gasteiger partial charge in [0.15, 0.2) is 5.16 Å². The lowest BCUT2D eigenvalue weighted by Crippen LogP contribution is -2.35. The van der Waals surface area contributed by atoms with Crippen molar-refractivity contribution >= 4 is 23.2 Å². The molecule has 114 valence electrons. The highest BCUT2D eigenvalue weighted by Crippen LogP contribution is 2.23. The van der Waals surface area contributed by atoms with Crippen molar-refractivity contribution in [3.05, 3.63) is 48.3 Å². The molecule has 1 aromatic carbocycles. The number of amides is 1. The van der Waals surface area contributed by atoms with Gasteiger partial charge in [0.05, 0.1) is 5.75 Å². The zero-order chi connectivity index (χ0) is 15.4. The fourth-order valence-corrected chi connectivity index (χ4v) is 3.22. The van der Waals surface area contributed by atoms with E-state index < -0.39 is 0 Å². The second-order valence-electron chi connectivity index (χ2n) is 5.20. The van der Waals surface area contributed by atoms with Gasteiger partial charge in [-0.2, -0.15) is 0 Å². The maximum atomic E-state index is 12.3. The van der Waals surface area contributed by atoms with Crippen molar-refractivity contribution in [2.45, 2.75) is 11.6 Å². The van der Waals surface area contributed by atoms with Crippen LogP contribution in [0.5, 0.6) is 0 Å². The maximum absolute atomic E-state index is 12.3. The third-order valence-corrected chi connectivity index (χ3v) is 4.72. The summed E-state index contributed by atoms with van der Waals surface area (Å²) in [7, 11) is 1.88. The number of benzene rings is 1. The highest BCUT2D eigenvalue weighted by Gasteiger charge is 2.18. The monoisotopic (exact) mass is 314 g/mol. The van der Waals surface area contributed by atoms with Gasteiger partial charge in [0.2, 0.25) is 5.91 Å². The molecule has 2 aromatic rings. The van der Waals surface area contributed by atoms with Crippen LogP contribution in [-0.4, -0.2) is 44.4 Å². The van der Waals surface area contributed by atoms with Crippen LogP contribution < -0.4 is 0 Å². The number of carbonyl (C=O) groups is 1. The van der Waals surface area contributed by atoms with Crippen LogP contribution in [0.15, 0.2) is 47.9 Å². The van der Waals surface area contributed by atoms with E-state index in [1.807, 2.05) is 34.7 Å². The van der Waals surface area contributed by atoms with E-state index in [1.54, 1.807) is 6.33 Å². The number of hydrogen-bond donors (Lipinski definition) is 0. The first-order valence-corrected chi connectivity index (χ1v) is 8.21. The quantitative estimate of drug-likeness (QED) is 0.812. The van der Waals surface area contributed by atoms with Crippen LogP contribution in [0.3, 0.4) is 0 Å². The van der Waals surface area contributed by atoms with Crippen LogP contribution in [-0.2, 0) is 11.8 Å². The van der Waals surface area contributed by atoms with Gasteiger partial charge in [-0.1, -0.05) is 48.2 Å². The number of nitrogens with zero attached hydrogens (tertiary/aromatic N) is 4. The van der Waals surface area contributed by atoms with Crippen molar-refractivity contribution in [2.75, 3.05) is 18.8 Å². The van der Waals surface area contributed by atoms with Crippen LogP contribution in [0.2, 0.25) is 0 Å². The average Bonchev–Trinajstić information content (AvgIpc) is 2.99. The molecule has 22 heavy (non-hydrogen) atoms. The van der Waals surface area contributed by atoms with Crippen LogP contribution >= 0.6 is 11.8 Å². The lowest BCUT2D eigenvalue weighted by Gasteiger charge is -2.26. The van der Waals surface area contributed by atoms with Crippen molar-refractivity contribution in [2.24, 2.45) is 7.05 Å². The van der Waals surface area contributed by atoms with E-state index in [0.29, 0.717) is 12.3 Å². The van der Waals surface area contributed by atoms with E-state index in [-0.39, 0.29) is 5.91 Å². The van der Waals surface area contributed by atoms with Crippen molar-refractivity contribution < 1.29 is 4.79 Å². The van der Waals surface area contributed by atoms with Crippen LogP contribution in [0.1, 0.15) is 12.0 Å². The summed E-state index contributed by atoms with van der Waals surface area (Å²) in [6, 6.07) is 10.4. The molecule has 0 spiro atoms. The lowest BCUT2D eigenvalue weighted by molar-refractivity contribution is -0.127. The first kappa shape index (κ1) is 14.8. The number of aryl methyl sites for hydroxylation is 1. The molecule has 0 bridgehead atoms. The zero-order valence-corrected chi connectivity index (χ0v) is 13.3. The molecule has 0 unspecified atom stereocenters. The molecule has 0 radical (unpaired) electrons. The summed E-state index contributed by atoms with van der Waals surface area (Å²) in [6.45, 7) is 1.46. The van der Waals surface area contributed by atoms with Crippen molar-refractivity contribution in [3.8, 4) is 0 Å². The van der Waals surface area contributed by atoms with Gasteiger partial charge in [0.1, 0.15) is 6.33 Å². The van der Waals surface area contributed by atoms with Gasteiger partial charge in [0, 0.05) is 20.1 Å². The van der Waals surface area contributed by atoms with Crippen molar-refractivity contribution in [3.63, 3.8) is 0 Å². The molecule has 2 heterocycles. The summed E-state index contributed by atoms with van der Waals surface area (Å²) in [5, 5.41) is 8.56. The Labute approximate surface area is 134 Å². The molecule has 6 heteroatoms. The predicted octanol–water partition coefficient (Wildman–Crippen LogP) is 2.22. The minimum Gasteiger partial charge on any atom is -0.338 e. The molecule has 0 fully saturated rings. The summed E-state index contributed by atoms with van der Waals surface area (Å²) >= 11 is 1.43. The van der Waals surface area contributed by atoms with Gasteiger partial charge in [-0.25, -0.2) is 0 Å². The second kappa shape index (κ2) is 6.79. The van der Waals surface area contributed by atoms with Gasteiger partial charge >= 0.3 is 0 Å². The number of rotatable bonds is 4. The predicted molar refractivity (Wildman–Crippen MR) is 87.3 cm³/mol. The van der Waals surface area contributed by atoms with Crippen LogP contribution in [0.25, 0.3) is 5.57 Å². The molecule has 0 saturated heterocycles. The van der Waals surface area contributed by atoms with Crippen LogP contribution in [0, 0.1) is 0 Å². The minimum atomic E-state index is 0.149. The zero-order valence-electron chi connectivity index (χ0n) is 12.5. The topological polar surface area (TPSA) is 51.0 Å². The molecule has 0 saturated carbocycles. The third kappa shape index (κ3) is 3.39. The molecule has 0 aliphatic carbocycles. The molecule has 3 rings (SSSR count). The summed E-state index contributed by atoms with van der Waals surface area (Å²) in [5.41, 5.74) is 2.58. The largest absolute Gasteiger partial charge is 0.338 e. The van der Waals surface area contributed by atoms with E-state index in [1.165, 1.54) is 22.9 Å². The molecule has 5 nitrogen and oxygen atoms in total. The summed E-state index contributed by atoms with van der Waals surface area (Å²) in [6.07, 6.45) is 4.71. The van der Waals surface area contributed by atoms with Gasteiger partial charge in [-0.3, -0.25) is 4.79 Å². The Morgan fingerprint density at radius 3 is 2.77 bits per heavy atom. The first-order chi connectivity index (χ1) is 10.7. The minimum absolute atomic E-state index is 0.149. The Hall–Kier alpha value is -2.08. The summed E-state index contributed by atoms with van der Waals surface area (Å²) < 4.78 is 1.82. The molecular formula is C16H18N4OS. The Morgan fingerprint density at radius 1 is 1.32 bits per heavy atom. The summed E-state index contributed by atoms with van der Waals surface area (Å²) in [5.74, 6) is 0.553. The number of carbonyl (C=O) groups excluding carboxylic acids is 1. The Bertz CT molecular complexity index is 680. The van der Waals surface area contributed by atoms with E-state index >= 15 is 0 Å². The third-order valence-electron chi connectivity index (χ3n) is 3.70. The number of hydrogen-bond acceptors (Lipinski definition) is 4. The smallest absolute Gasteiger partial charge is 0.233 e. The maximum Gasteiger partial charge on any atom is 0.233 e. The van der Waals surface area contributed by atoms with E-state index in [0.717, 1.165) is 18.1 Å². The Balaban J connectivity index is 1.55. The van der Waals surface area contributed by atoms with Crippen molar-refractivity contribution in [1.82, 2.24) is 19.7 Å². The van der Waals surface area contributed by atoms with Gasteiger partial charge in [0.25, 0.3) is 0 Å². The standard InChI is InChI=1S/C16H18N4OS/c1-19-12-17-18-16(19)22-11-15(21)20-9-7-14(8-10-20)13-5-3-2-4-6-13/h2-7,12H,8-11H2,1H3. The van der Waals surface area contributed by atoms with E-state index in [4.69, 9.17) is 0 Å². The molecule has 1 aromatic heterocycles. The normalized spacial score (nSPS) is 14.8. The fraction of sp³-hybridized carbons (Fsp3) is 0.312. The Morgan fingerprint density at radius 2 is 2.14 bits per heavy atom. The lowest BCUT2D eigenvalue weighted by atomic mass is 10.00. The molecule has 1 amide bonds. The summed E-state index contributed by atoms with van der Waals surface area (Å²) in [4.78, 5) is 14.2. The molecule has 1 aliphatic heterocycles. The Kier molecular flexibility index (Phi) is 4.58. The highest BCUT2D eigenvalue weighted by atomic mass is 32.2. The SMILES string of the molecule is Cn1cnnc1SCC(=O)N1CC=C(c2ccccc2)CC1. The average molecular weight is 314 g/mol. The molecule has 0 N–H and O–H groups in total. The molecular weight excluding hydrogens is 296 g/mol. The van der Waals surface area contributed by atoms with Crippen LogP contribution in [0.4, 0.5) is 0 Å².